The van der Waals surface area contributed by atoms with Crippen LogP contribution < -0.4 is 5.73 Å². The highest BCUT2D eigenvalue weighted by atomic mass is 32.2. The predicted octanol–water partition coefficient (Wildman–Crippen LogP) is -1.29. The maximum Gasteiger partial charge on any atom is 0.362 e. The molecule has 24 heavy (non-hydrogen) atoms. The van der Waals surface area contributed by atoms with E-state index in [4.69, 9.17) is 10.3 Å². The van der Waals surface area contributed by atoms with E-state index in [-0.39, 0.29) is 24.3 Å². The molecule has 0 radical (unpaired) electrons. The standard InChI is InChI=1S/C13H15N3O7S/c14-10(6-1-2-8(17)9(18)5-6)12(19)15-4-3-7-11(15)13(20)16(7)24(21,22)23/h1-2,5,7,10-11,17-18H,3-4,14H2,(H,21,22,23)/t7-,10-,11+/m1/s1. The lowest BCUT2D eigenvalue weighted by molar-refractivity contribution is -0.152. The molecule has 2 heterocycles. The highest BCUT2D eigenvalue weighted by Crippen LogP contribution is 2.37. The smallest absolute Gasteiger partial charge is 0.362 e. The Morgan fingerprint density at radius 2 is 1.96 bits per heavy atom. The first-order valence-corrected chi connectivity index (χ1v) is 8.41. The number of hydrogen-bond acceptors (Lipinski definition) is 7. The van der Waals surface area contributed by atoms with Gasteiger partial charge in [-0.05, 0) is 24.1 Å². The number of aromatic hydroxyl groups is 2. The lowest BCUT2D eigenvalue weighted by atomic mass is 9.99. The van der Waals surface area contributed by atoms with E-state index >= 15 is 0 Å². The van der Waals surface area contributed by atoms with Crippen molar-refractivity contribution in [3.05, 3.63) is 23.8 Å². The van der Waals surface area contributed by atoms with Crippen molar-refractivity contribution in [2.75, 3.05) is 6.54 Å². The molecule has 11 heteroatoms. The number of carbonyl (C=O) groups excluding carboxylic acids is 2. The average Bonchev–Trinajstić information content (AvgIpc) is 2.85. The fraction of sp³-hybridized carbons (Fsp3) is 0.385. The Kier molecular flexibility index (Phi) is 3.66. The molecular weight excluding hydrogens is 342 g/mol. The van der Waals surface area contributed by atoms with Crippen LogP contribution in [0.5, 0.6) is 11.5 Å². The van der Waals surface area contributed by atoms with Gasteiger partial charge in [-0.15, -0.1) is 0 Å². The van der Waals surface area contributed by atoms with Gasteiger partial charge in [0.1, 0.15) is 12.1 Å². The average molecular weight is 357 g/mol. The third-order valence-corrected chi connectivity index (χ3v) is 5.24. The molecule has 0 unspecified atom stereocenters. The number of nitrogens with two attached hydrogens (primary N) is 1. The molecule has 3 atom stereocenters. The number of nitrogens with zero attached hydrogens (tertiary/aromatic N) is 2. The van der Waals surface area contributed by atoms with E-state index in [0.29, 0.717) is 4.31 Å². The molecular formula is C13H15N3O7S. The van der Waals surface area contributed by atoms with Crippen LogP contribution in [-0.4, -0.2) is 62.8 Å². The molecule has 10 nitrogen and oxygen atoms in total. The van der Waals surface area contributed by atoms with Crippen molar-refractivity contribution in [1.82, 2.24) is 9.21 Å². The van der Waals surface area contributed by atoms with Gasteiger partial charge in [-0.25, -0.2) is 4.31 Å². The summed E-state index contributed by atoms with van der Waals surface area (Å²) in [5, 5.41) is 18.8. The van der Waals surface area contributed by atoms with Crippen LogP contribution in [0.2, 0.25) is 0 Å². The van der Waals surface area contributed by atoms with Crippen LogP contribution in [0.15, 0.2) is 18.2 Å². The molecule has 1 aromatic rings. The zero-order valence-corrected chi connectivity index (χ0v) is 13.0. The van der Waals surface area contributed by atoms with Crippen molar-refractivity contribution in [3.8, 4) is 11.5 Å². The number of phenolic OH excluding ortho intramolecular Hbond substituents is 2. The van der Waals surface area contributed by atoms with E-state index < -0.39 is 46.0 Å². The number of β-lactam (4-membered cyclic amide) rings is 1. The Bertz CT molecular complexity index is 825. The summed E-state index contributed by atoms with van der Waals surface area (Å²) in [5.74, 6) is -2.30. The topological polar surface area (TPSA) is 161 Å². The summed E-state index contributed by atoms with van der Waals surface area (Å²) in [5.41, 5.74) is 6.09. The second kappa shape index (κ2) is 5.33. The van der Waals surface area contributed by atoms with Gasteiger partial charge in [0.05, 0.1) is 6.04 Å². The monoisotopic (exact) mass is 357 g/mol. The molecule has 2 amide bonds. The van der Waals surface area contributed by atoms with Gasteiger partial charge in [0.15, 0.2) is 11.5 Å². The number of fused-ring (bicyclic) bond motifs is 1. The molecule has 0 spiro atoms. The van der Waals surface area contributed by atoms with E-state index in [1.807, 2.05) is 0 Å². The van der Waals surface area contributed by atoms with Crippen molar-refractivity contribution in [3.63, 3.8) is 0 Å². The van der Waals surface area contributed by atoms with E-state index in [1.165, 1.54) is 17.0 Å². The number of likely N-dealkylation sites (tertiary alicyclic amines) is 1. The molecule has 2 fully saturated rings. The largest absolute Gasteiger partial charge is 0.504 e. The van der Waals surface area contributed by atoms with Gasteiger partial charge in [-0.1, -0.05) is 6.07 Å². The fourth-order valence-corrected chi connectivity index (χ4v) is 4.02. The van der Waals surface area contributed by atoms with Crippen molar-refractivity contribution in [2.45, 2.75) is 24.5 Å². The zero-order chi connectivity index (χ0) is 17.8. The molecule has 5 N–H and O–H groups in total. The molecule has 2 saturated heterocycles. The molecule has 0 saturated carbocycles. The number of hydrogen-bond donors (Lipinski definition) is 4. The van der Waals surface area contributed by atoms with Crippen LogP contribution in [0, 0.1) is 0 Å². The first kappa shape index (κ1) is 16.5. The van der Waals surface area contributed by atoms with Crippen molar-refractivity contribution < 1.29 is 32.8 Å². The highest BCUT2D eigenvalue weighted by molar-refractivity contribution is 7.84. The van der Waals surface area contributed by atoms with Crippen LogP contribution >= 0.6 is 0 Å². The van der Waals surface area contributed by atoms with Gasteiger partial charge >= 0.3 is 10.3 Å². The van der Waals surface area contributed by atoms with E-state index in [2.05, 4.69) is 0 Å². The van der Waals surface area contributed by atoms with Gasteiger partial charge in [0, 0.05) is 6.54 Å². The summed E-state index contributed by atoms with van der Waals surface area (Å²) < 4.78 is 31.7. The maximum atomic E-state index is 12.5. The molecule has 0 aromatic heterocycles. The van der Waals surface area contributed by atoms with Crippen LogP contribution in [0.3, 0.4) is 0 Å². The number of rotatable bonds is 3. The SMILES string of the molecule is N[C@@H](C(=O)N1CC[C@@H]2[C@H]1C(=O)N2S(=O)(=O)O)c1ccc(O)c(O)c1. The summed E-state index contributed by atoms with van der Waals surface area (Å²) in [6.45, 7) is 0.115. The molecule has 1 aromatic carbocycles. The lowest BCUT2D eigenvalue weighted by Gasteiger charge is -2.42. The fourth-order valence-electron chi connectivity index (χ4n) is 3.12. The van der Waals surface area contributed by atoms with Gasteiger partial charge in [0.2, 0.25) is 5.91 Å². The number of benzene rings is 1. The number of phenols is 2. The quantitative estimate of drug-likeness (QED) is 0.295. The van der Waals surface area contributed by atoms with Crippen LogP contribution in [0.25, 0.3) is 0 Å². The highest BCUT2D eigenvalue weighted by Gasteiger charge is 2.60. The van der Waals surface area contributed by atoms with Gasteiger partial charge in [-0.3, -0.25) is 14.1 Å². The van der Waals surface area contributed by atoms with Crippen LogP contribution in [0.4, 0.5) is 0 Å². The van der Waals surface area contributed by atoms with E-state index in [1.54, 1.807) is 0 Å². The lowest BCUT2D eigenvalue weighted by Crippen LogP contribution is -2.68. The van der Waals surface area contributed by atoms with Crippen LogP contribution in [-0.2, 0) is 19.9 Å². The minimum atomic E-state index is -4.65. The van der Waals surface area contributed by atoms with Gasteiger partial charge in [0.25, 0.3) is 5.91 Å². The third kappa shape index (κ3) is 2.37. The molecule has 3 rings (SSSR count). The minimum absolute atomic E-state index is 0.115. The summed E-state index contributed by atoms with van der Waals surface area (Å²) in [7, 11) is -4.65. The van der Waals surface area contributed by atoms with Crippen molar-refractivity contribution in [1.29, 1.82) is 0 Å². The molecule has 2 aliphatic heterocycles. The van der Waals surface area contributed by atoms with E-state index in [9.17, 15) is 28.2 Å². The second-order valence-corrected chi connectivity index (χ2v) is 6.96. The maximum absolute atomic E-state index is 12.5. The van der Waals surface area contributed by atoms with E-state index in [0.717, 1.165) is 6.07 Å². The molecule has 2 aliphatic rings. The van der Waals surface area contributed by atoms with Gasteiger partial charge in [-0.2, -0.15) is 8.42 Å². The number of amides is 2. The Labute approximate surface area is 137 Å². The first-order chi connectivity index (χ1) is 11.1. The van der Waals surface area contributed by atoms with Crippen molar-refractivity contribution in [2.24, 2.45) is 5.73 Å². The normalized spacial score (nSPS) is 24.5. The van der Waals surface area contributed by atoms with Crippen molar-refractivity contribution >= 4 is 22.1 Å². The minimum Gasteiger partial charge on any atom is -0.504 e. The Morgan fingerprint density at radius 1 is 1.29 bits per heavy atom. The molecule has 130 valence electrons. The first-order valence-electron chi connectivity index (χ1n) is 7.01. The summed E-state index contributed by atoms with van der Waals surface area (Å²) >= 11 is 0. The summed E-state index contributed by atoms with van der Waals surface area (Å²) in [4.78, 5) is 25.6. The Balaban J connectivity index is 1.79. The predicted molar refractivity (Wildman–Crippen MR) is 79.0 cm³/mol. The van der Waals surface area contributed by atoms with Crippen LogP contribution in [0.1, 0.15) is 18.0 Å². The third-order valence-electron chi connectivity index (χ3n) is 4.29. The summed E-state index contributed by atoms with van der Waals surface area (Å²) in [6.07, 6.45) is 0.204. The Morgan fingerprint density at radius 3 is 2.54 bits per heavy atom. The zero-order valence-electron chi connectivity index (χ0n) is 12.2. The molecule has 0 aliphatic carbocycles. The number of carbonyl (C=O) groups is 2. The Hall–Kier alpha value is -2.37. The second-order valence-electron chi connectivity index (χ2n) is 5.67. The van der Waals surface area contributed by atoms with Gasteiger partial charge < -0.3 is 20.8 Å². The summed E-state index contributed by atoms with van der Waals surface area (Å²) in [6, 6.07) is 0.714. The molecule has 0 bridgehead atoms.